The van der Waals surface area contributed by atoms with Crippen molar-refractivity contribution in [3.63, 3.8) is 0 Å². The molecule has 25 heavy (non-hydrogen) atoms. The van der Waals surface area contributed by atoms with Crippen molar-refractivity contribution in [3.8, 4) is 16.9 Å². The molecule has 0 aliphatic carbocycles. The number of aromatic nitrogens is 2. The van der Waals surface area contributed by atoms with Crippen molar-refractivity contribution in [2.45, 2.75) is 6.92 Å². The summed E-state index contributed by atoms with van der Waals surface area (Å²) in [7, 11) is 3.38. The van der Waals surface area contributed by atoms with Gasteiger partial charge in [0, 0.05) is 18.2 Å². The van der Waals surface area contributed by atoms with E-state index in [1.165, 1.54) is 12.1 Å². The Kier molecular flexibility index (Phi) is 4.55. The molecule has 7 heteroatoms. The van der Waals surface area contributed by atoms with Gasteiger partial charge in [-0.15, -0.1) is 0 Å². The minimum Gasteiger partial charge on any atom is -0.494 e. The number of ether oxygens (including phenoxy) is 1. The van der Waals surface area contributed by atoms with Crippen LogP contribution in [0.25, 0.3) is 11.1 Å². The van der Waals surface area contributed by atoms with Crippen LogP contribution in [0.3, 0.4) is 0 Å². The van der Waals surface area contributed by atoms with E-state index in [4.69, 9.17) is 22.1 Å². The fourth-order valence-corrected chi connectivity index (χ4v) is 3.05. The fraction of sp³-hybridized carbons (Fsp3) is 0.167. The first-order valence-corrected chi connectivity index (χ1v) is 7.98. The Morgan fingerprint density at radius 1 is 1.28 bits per heavy atom. The van der Waals surface area contributed by atoms with Crippen LogP contribution >= 0.6 is 11.6 Å². The SMILES string of the molecule is COc1cccc(N)c1Nc1c(-c2ccc(F)cc2Cl)c(C)nn1C. The van der Waals surface area contributed by atoms with Crippen molar-refractivity contribution < 1.29 is 9.13 Å². The van der Waals surface area contributed by atoms with E-state index in [1.54, 1.807) is 23.9 Å². The number of nitrogens with two attached hydrogens (primary N) is 1. The predicted octanol–water partition coefficient (Wildman–Crippen LogP) is 4.52. The molecular weight excluding hydrogens is 343 g/mol. The molecule has 0 aliphatic heterocycles. The number of nitrogens with zero attached hydrogens (tertiary/aromatic N) is 2. The molecule has 0 radical (unpaired) electrons. The molecule has 0 amide bonds. The van der Waals surface area contributed by atoms with Crippen LogP contribution in [-0.2, 0) is 7.05 Å². The lowest BCUT2D eigenvalue weighted by Crippen LogP contribution is -2.04. The summed E-state index contributed by atoms with van der Waals surface area (Å²) in [5.41, 5.74) is 9.48. The molecule has 0 saturated heterocycles. The van der Waals surface area contributed by atoms with Gasteiger partial charge in [-0.05, 0) is 37.3 Å². The Morgan fingerprint density at radius 3 is 2.72 bits per heavy atom. The van der Waals surface area contributed by atoms with E-state index in [1.807, 2.05) is 26.1 Å². The summed E-state index contributed by atoms with van der Waals surface area (Å²) in [6, 6.07) is 9.69. The van der Waals surface area contributed by atoms with Gasteiger partial charge in [0.2, 0.25) is 0 Å². The lowest BCUT2D eigenvalue weighted by molar-refractivity contribution is 0.417. The Labute approximate surface area is 150 Å². The van der Waals surface area contributed by atoms with Gasteiger partial charge in [0.25, 0.3) is 0 Å². The number of nitrogen functional groups attached to an aromatic ring is 1. The summed E-state index contributed by atoms with van der Waals surface area (Å²) >= 11 is 6.26. The predicted molar refractivity (Wildman–Crippen MR) is 99.0 cm³/mol. The highest BCUT2D eigenvalue weighted by molar-refractivity contribution is 6.33. The van der Waals surface area contributed by atoms with Crippen molar-refractivity contribution in [1.82, 2.24) is 9.78 Å². The monoisotopic (exact) mass is 360 g/mol. The Balaban J connectivity index is 2.16. The first-order chi connectivity index (χ1) is 11.9. The highest BCUT2D eigenvalue weighted by Gasteiger charge is 2.20. The van der Waals surface area contributed by atoms with E-state index in [-0.39, 0.29) is 0 Å². The second-order valence-electron chi connectivity index (χ2n) is 5.61. The molecule has 5 nitrogen and oxygen atoms in total. The lowest BCUT2D eigenvalue weighted by atomic mass is 10.1. The maximum Gasteiger partial charge on any atom is 0.144 e. The third-order valence-corrected chi connectivity index (χ3v) is 4.26. The zero-order valence-electron chi connectivity index (χ0n) is 14.1. The first kappa shape index (κ1) is 17.1. The number of benzene rings is 2. The molecule has 0 saturated carbocycles. The number of methoxy groups -OCH3 is 1. The Bertz CT molecular complexity index is 939. The summed E-state index contributed by atoms with van der Waals surface area (Å²) in [6.07, 6.45) is 0. The van der Waals surface area contributed by atoms with Crippen LogP contribution in [0, 0.1) is 12.7 Å². The standard InChI is InChI=1S/C18H18ClFN4O/c1-10-16(12-8-7-11(20)9-13(12)19)18(24(2)23-10)22-17-14(21)5-4-6-15(17)25-3/h4-9,22H,21H2,1-3H3. The van der Waals surface area contributed by atoms with E-state index < -0.39 is 5.82 Å². The van der Waals surface area contributed by atoms with Gasteiger partial charge >= 0.3 is 0 Å². The van der Waals surface area contributed by atoms with Gasteiger partial charge < -0.3 is 15.8 Å². The molecule has 0 bridgehead atoms. The summed E-state index contributed by atoms with van der Waals surface area (Å²) in [4.78, 5) is 0. The van der Waals surface area contributed by atoms with Gasteiger partial charge in [-0.25, -0.2) is 4.39 Å². The zero-order chi connectivity index (χ0) is 18.1. The summed E-state index contributed by atoms with van der Waals surface area (Å²) in [5.74, 6) is 0.899. The highest BCUT2D eigenvalue weighted by atomic mass is 35.5. The second kappa shape index (κ2) is 6.64. The molecule has 0 fully saturated rings. The van der Waals surface area contributed by atoms with Crippen molar-refractivity contribution in [2.75, 3.05) is 18.2 Å². The van der Waals surface area contributed by atoms with E-state index in [0.717, 1.165) is 11.3 Å². The minimum atomic E-state index is -0.390. The molecule has 130 valence electrons. The van der Waals surface area contributed by atoms with Crippen molar-refractivity contribution in [2.24, 2.45) is 7.05 Å². The lowest BCUT2D eigenvalue weighted by Gasteiger charge is -2.15. The summed E-state index contributed by atoms with van der Waals surface area (Å²) < 4.78 is 20.5. The number of rotatable bonds is 4. The average molecular weight is 361 g/mol. The van der Waals surface area contributed by atoms with E-state index in [9.17, 15) is 4.39 Å². The number of para-hydroxylation sites is 1. The van der Waals surface area contributed by atoms with Crippen molar-refractivity contribution in [1.29, 1.82) is 0 Å². The Morgan fingerprint density at radius 2 is 2.04 bits per heavy atom. The van der Waals surface area contributed by atoms with Crippen molar-refractivity contribution in [3.05, 3.63) is 52.9 Å². The van der Waals surface area contributed by atoms with Crippen LogP contribution in [0.4, 0.5) is 21.6 Å². The molecule has 0 aliphatic rings. The Hall–Kier alpha value is -2.73. The maximum atomic E-state index is 13.4. The molecule has 3 rings (SSSR count). The summed E-state index contributed by atoms with van der Waals surface area (Å²) in [5, 5.41) is 8.05. The van der Waals surface area contributed by atoms with Gasteiger partial charge in [0.05, 0.1) is 23.5 Å². The molecule has 0 spiro atoms. The van der Waals surface area contributed by atoms with Crippen LogP contribution in [0.15, 0.2) is 36.4 Å². The smallest absolute Gasteiger partial charge is 0.144 e. The van der Waals surface area contributed by atoms with Crippen molar-refractivity contribution >= 4 is 28.8 Å². The second-order valence-corrected chi connectivity index (χ2v) is 6.01. The van der Waals surface area contributed by atoms with Gasteiger partial charge in [-0.1, -0.05) is 17.7 Å². The number of anilines is 3. The number of aryl methyl sites for hydroxylation is 2. The molecular formula is C18H18ClFN4O. The molecule has 3 aromatic rings. The van der Waals surface area contributed by atoms with Crippen LogP contribution in [0.2, 0.25) is 5.02 Å². The molecule has 2 aromatic carbocycles. The number of nitrogens with one attached hydrogen (secondary N) is 1. The quantitative estimate of drug-likeness (QED) is 0.671. The molecule has 3 N–H and O–H groups in total. The van der Waals surface area contributed by atoms with Gasteiger partial charge in [0.1, 0.15) is 23.1 Å². The average Bonchev–Trinajstić information content (AvgIpc) is 2.83. The van der Waals surface area contributed by atoms with Crippen LogP contribution in [0.5, 0.6) is 5.75 Å². The van der Waals surface area contributed by atoms with Crippen LogP contribution in [-0.4, -0.2) is 16.9 Å². The number of hydrogen-bond donors (Lipinski definition) is 2. The van der Waals surface area contributed by atoms with E-state index in [0.29, 0.717) is 33.5 Å². The van der Waals surface area contributed by atoms with Gasteiger partial charge in [0.15, 0.2) is 0 Å². The molecule has 0 atom stereocenters. The van der Waals surface area contributed by atoms with E-state index in [2.05, 4.69) is 10.4 Å². The van der Waals surface area contributed by atoms with Gasteiger partial charge in [-0.2, -0.15) is 5.10 Å². The highest BCUT2D eigenvalue weighted by Crippen LogP contribution is 2.40. The van der Waals surface area contributed by atoms with Crippen LogP contribution in [0.1, 0.15) is 5.69 Å². The normalized spacial score (nSPS) is 10.8. The summed E-state index contributed by atoms with van der Waals surface area (Å²) in [6.45, 7) is 1.87. The largest absolute Gasteiger partial charge is 0.494 e. The molecule has 1 aromatic heterocycles. The van der Waals surface area contributed by atoms with E-state index >= 15 is 0 Å². The fourth-order valence-electron chi connectivity index (χ4n) is 2.79. The zero-order valence-corrected chi connectivity index (χ0v) is 14.9. The third-order valence-electron chi connectivity index (χ3n) is 3.94. The number of hydrogen-bond acceptors (Lipinski definition) is 4. The third kappa shape index (κ3) is 3.13. The van der Waals surface area contributed by atoms with Gasteiger partial charge in [-0.3, -0.25) is 4.68 Å². The van der Waals surface area contributed by atoms with Crippen LogP contribution < -0.4 is 15.8 Å². The molecule has 1 heterocycles. The first-order valence-electron chi connectivity index (χ1n) is 7.61. The number of halogens is 2. The topological polar surface area (TPSA) is 65.1 Å². The maximum absolute atomic E-state index is 13.4. The molecule has 0 unspecified atom stereocenters. The minimum absolute atomic E-state index is 0.312.